The molecule has 0 spiro atoms. The number of rotatable bonds is 6. The maximum atomic E-state index is 12.0. The topological polar surface area (TPSA) is 55.1 Å². The van der Waals surface area contributed by atoms with Gasteiger partial charge in [0.2, 0.25) is 5.91 Å². The van der Waals surface area contributed by atoms with Crippen molar-refractivity contribution in [3.8, 4) is 0 Å². The second kappa shape index (κ2) is 7.64. The first kappa shape index (κ1) is 16.7. The lowest BCUT2D eigenvalue weighted by molar-refractivity contribution is -0.116. The van der Waals surface area contributed by atoms with Gasteiger partial charge in [-0.3, -0.25) is 4.79 Å². The average molecular weight is 361 g/mol. The molecule has 2 aromatic heterocycles. The van der Waals surface area contributed by atoms with Gasteiger partial charge in [0.15, 0.2) is 5.13 Å². The van der Waals surface area contributed by atoms with E-state index in [1.165, 1.54) is 11.3 Å². The number of aromatic nitrogens is 1. The summed E-state index contributed by atoms with van der Waals surface area (Å²) in [6.07, 6.45) is 3.53. The summed E-state index contributed by atoms with van der Waals surface area (Å²) in [5, 5.41) is 4.19. The number of amides is 1. The zero-order chi connectivity index (χ0) is 16.9. The Morgan fingerprint density at radius 2 is 2.04 bits per heavy atom. The zero-order valence-electron chi connectivity index (χ0n) is 13.2. The van der Waals surface area contributed by atoms with E-state index in [1.54, 1.807) is 6.20 Å². The van der Waals surface area contributed by atoms with Crippen LogP contribution in [-0.2, 0) is 17.6 Å². The molecule has 0 fully saturated rings. The van der Waals surface area contributed by atoms with Crippen molar-refractivity contribution in [1.29, 1.82) is 0 Å². The fourth-order valence-corrected chi connectivity index (χ4v) is 3.28. The van der Waals surface area contributed by atoms with Crippen LogP contribution in [0.1, 0.15) is 28.4 Å². The molecule has 124 valence electrons. The van der Waals surface area contributed by atoms with Crippen LogP contribution in [0, 0.1) is 6.92 Å². The van der Waals surface area contributed by atoms with E-state index < -0.39 is 0 Å². The van der Waals surface area contributed by atoms with Crippen LogP contribution in [0.3, 0.4) is 0 Å². The Morgan fingerprint density at radius 1 is 1.25 bits per heavy atom. The molecule has 3 aromatic rings. The molecule has 2 heterocycles. The van der Waals surface area contributed by atoms with Gasteiger partial charge >= 0.3 is 0 Å². The van der Waals surface area contributed by atoms with E-state index in [0.29, 0.717) is 18.0 Å². The van der Waals surface area contributed by atoms with E-state index >= 15 is 0 Å². The molecule has 0 aliphatic carbocycles. The zero-order valence-corrected chi connectivity index (χ0v) is 14.8. The van der Waals surface area contributed by atoms with Crippen LogP contribution < -0.4 is 5.32 Å². The number of aryl methyl sites for hydroxylation is 2. The van der Waals surface area contributed by atoms with Crippen LogP contribution in [0.5, 0.6) is 0 Å². The molecule has 1 aromatic carbocycles. The first-order chi connectivity index (χ1) is 11.6. The highest BCUT2D eigenvalue weighted by Gasteiger charge is 2.09. The van der Waals surface area contributed by atoms with Crippen molar-refractivity contribution in [3.63, 3.8) is 0 Å². The molecule has 3 rings (SSSR count). The molecular weight excluding hydrogens is 344 g/mol. The summed E-state index contributed by atoms with van der Waals surface area (Å²) >= 11 is 7.37. The number of carbonyl (C=O) groups excluding carboxylic acids is 1. The van der Waals surface area contributed by atoms with E-state index in [9.17, 15) is 4.79 Å². The summed E-state index contributed by atoms with van der Waals surface area (Å²) in [7, 11) is 0. The molecule has 0 saturated carbocycles. The molecule has 6 heteroatoms. The quantitative estimate of drug-likeness (QED) is 0.683. The van der Waals surface area contributed by atoms with Crippen LogP contribution >= 0.6 is 22.9 Å². The summed E-state index contributed by atoms with van der Waals surface area (Å²) in [6.45, 7) is 1.89. The molecule has 1 amide bonds. The minimum atomic E-state index is -0.0588. The molecule has 4 nitrogen and oxygen atoms in total. The Bertz CT molecular complexity index is 824. The lowest BCUT2D eigenvalue weighted by Crippen LogP contribution is -2.11. The number of nitrogens with one attached hydrogen (secondary N) is 1. The molecule has 0 radical (unpaired) electrons. The lowest BCUT2D eigenvalue weighted by atomic mass is 10.1. The van der Waals surface area contributed by atoms with Gasteiger partial charge in [-0.25, -0.2) is 4.98 Å². The van der Waals surface area contributed by atoms with Crippen LogP contribution in [0.2, 0.25) is 5.02 Å². The van der Waals surface area contributed by atoms with Crippen LogP contribution in [0.25, 0.3) is 0 Å². The largest absolute Gasteiger partial charge is 0.466 e. The van der Waals surface area contributed by atoms with E-state index in [2.05, 4.69) is 10.3 Å². The van der Waals surface area contributed by atoms with Crippen LogP contribution in [0.4, 0.5) is 5.13 Å². The van der Waals surface area contributed by atoms with E-state index in [4.69, 9.17) is 16.0 Å². The number of nitrogens with zero attached hydrogens (tertiary/aromatic N) is 1. The minimum Gasteiger partial charge on any atom is -0.466 e. The maximum Gasteiger partial charge on any atom is 0.226 e. The first-order valence-electron chi connectivity index (χ1n) is 7.63. The molecule has 24 heavy (non-hydrogen) atoms. The SMILES string of the molecule is Cc1ccc(CCC(=O)Nc2ncc(Cc3ccc(Cl)cc3)s2)o1. The van der Waals surface area contributed by atoms with Crippen molar-refractivity contribution < 1.29 is 9.21 Å². The number of hydrogen-bond acceptors (Lipinski definition) is 4. The summed E-state index contributed by atoms with van der Waals surface area (Å²) < 4.78 is 5.46. The highest BCUT2D eigenvalue weighted by atomic mass is 35.5. The molecule has 0 unspecified atom stereocenters. The number of anilines is 1. The third kappa shape index (κ3) is 4.69. The lowest BCUT2D eigenvalue weighted by Gasteiger charge is -2.00. The van der Waals surface area contributed by atoms with Gasteiger partial charge in [0.05, 0.1) is 0 Å². The number of halogens is 1. The molecule has 0 bridgehead atoms. The third-order valence-electron chi connectivity index (χ3n) is 3.49. The second-order valence-electron chi connectivity index (χ2n) is 5.50. The van der Waals surface area contributed by atoms with Gasteiger partial charge in [0.25, 0.3) is 0 Å². The predicted octanol–water partition coefficient (Wildman–Crippen LogP) is 4.86. The van der Waals surface area contributed by atoms with Crippen molar-refractivity contribution in [2.45, 2.75) is 26.2 Å². The van der Waals surface area contributed by atoms with Crippen molar-refractivity contribution in [1.82, 2.24) is 4.98 Å². The normalized spacial score (nSPS) is 10.8. The fourth-order valence-electron chi connectivity index (χ4n) is 2.29. The fraction of sp³-hybridized carbons (Fsp3) is 0.222. The average Bonchev–Trinajstić information content (AvgIpc) is 3.17. The minimum absolute atomic E-state index is 0.0588. The Kier molecular flexibility index (Phi) is 5.33. The molecule has 0 saturated heterocycles. The maximum absolute atomic E-state index is 12.0. The Labute approximate surface area is 149 Å². The number of furan rings is 1. The van der Waals surface area contributed by atoms with E-state index in [-0.39, 0.29) is 5.91 Å². The molecule has 0 atom stereocenters. The summed E-state index contributed by atoms with van der Waals surface area (Å²) in [4.78, 5) is 17.4. The van der Waals surface area contributed by atoms with Crippen molar-refractivity contribution in [3.05, 3.63) is 69.6 Å². The van der Waals surface area contributed by atoms with Gasteiger partial charge in [0, 0.05) is 35.4 Å². The highest BCUT2D eigenvalue weighted by Crippen LogP contribution is 2.22. The second-order valence-corrected chi connectivity index (χ2v) is 7.05. The smallest absolute Gasteiger partial charge is 0.226 e. The van der Waals surface area contributed by atoms with E-state index in [1.807, 2.05) is 43.3 Å². The highest BCUT2D eigenvalue weighted by molar-refractivity contribution is 7.15. The molecule has 0 aliphatic rings. The Morgan fingerprint density at radius 3 is 2.75 bits per heavy atom. The van der Waals surface area contributed by atoms with Crippen LogP contribution in [-0.4, -0.2) is 10.9 Å². The van der Waals surface area contributed by atoms with Crippen molar-refractivity contribution in [2.75, 3.05) is 5.32 Å². The summed E-state index contributed by atoms with van der Waals surface area (Å²) in [5.74, 6) is 1.62. The van der Waals surface area contributed by atoms with Gasteiger partial charge in [-0.2, -0.15) is 0 Å². The van der Waals surface area contributed by atoms with E-state index in [0.717, 1.165) is 33.4 Å². The monoisotopic (exact) mass is 360 g/mol. The molecule has 1 N–H and O–H groups in total. The number of carbonyl (C=O) groups is 1. The number of thiazole rings is 1. The Hall–Kier alpha value is -2.11. The summed E-state index contributed by atoms with van der Waals surface area (Å²) in [5.41, 5.74) is 1.16. The van der Waals surface area contributed by atoms with Crippen molar-refractivity contribution in [2.24, 2.45) is 0 Å². The van der Waals surface area contributed by atoms with Gasteiger partial charge in [0.1, 0.15) is 11.5 Å². The van der Waals surface area contributed by atoms with Crippen LogP contribution in [0.15, 0.2) is 47.0 Å². The number of hydrogen-bond donors (Lipinski definition) is 1. The third-order valence-corrected chi connectivity index (χ3v) is 4.65. The van der Waals surface area contributed by atoms with Gasteiger partial charge < -0.3 is 9.73 Å². The Balaban J connectivity index is 1.51. The first-order valence-corrected chi connectivity index (χ1v) is 8.82. The molecular formula is C18H17ClN2O2S. The van der Waals surface area contributed by atoms with Crippen molar-refractivity contribution >= 4 is 34.0 Å². The van der Waals surface area contributed by atoms with Gasteiger partial charge in [-0.15, -0.1) is 11.3 Å². The number of benzene rings is 1. The standard InChI is InChI=1S/C18H17ClN2O2S/c1-12-2-7-15(23-12)8-9-17(22)21-18-20-11-16(24-18)10-13-3-5-14(19)6-4-13/h2-7,11H,8-10H2,1H3,(H,20,21,22). The predicted molar refractivity (Wildman–Crippen MR) is 96.8 cm³/mol. The van der Waals surface area contributed by atoms with Gasteiger partial charge in [-0.1, -0.05) is 23.7 Å². The molecule has 0 aliphatic heterocycles. The summed E-state index contributed by atoms with van der Waals surface area (Å²) in [6, 6.07) is 11.5. The van der Waals surface area contributed by atoms with Gasteiger partial charge in [-0.05, 0) is 36.8 Å².